The van der Waals surface area contributed by atoms with Gasteiger partial charge in [0.25, 0.3) is 0 Å². The Morgan fingerprint density at radius 1 is 0.648 bits per heavy atom. The number of phenols is 1. The minimum absolute atomic E-state index is 0.0171. The number of methoxy groups -OCH3 is 1. The number of aliphatic hydroxyl groups excluding tert-OH is 2. The van der Waals surface area contributed by atoms with Gasteiger partial charge in [-0.25, -0.2) is 0 Å². The third-order valence-electron chi connectivity index (χ3n) is 11.1. The second-order valence-electron chi connectivity index (χ2n) is 16.6. The van der Waals surface area contributed by atoms with Gasteiger partial charge in [0.05, 0.1) is 26.4 Å². The Morgan fingerprint density at radius 2 is 1.17 bits per heavy atom. The van der Waals surface area contributed by atoms with Gasteiger partial charge in [0.1, 0.15) is 43.0 Å². The zero-order valence-electron chi connectivity index (χ0n) is 40.9. The smallest absolute Gasteiger partial charge is 0.247 e. The number of amides is 8. The lowest BCUT2D eigenvalue weighted by molar-refractivity contribution is -0.141. The van der Waals surface area contributed by atoms with Crippen LogP contribution < -0.4 is 31.5 Å². The van der Waals surface area contributed by atoms with Gasteiger partial charge in [-0.3, -0.25) is 38.4 Å². The summed E-state index contributed by atoms with van der Waals surface area (Å²) in [6.07, 6.45) is 2.38. The van der Waals surface area contributed by atoms with Crippen molar-refractivity contribution in [1.29, 1.82) is 0 Å². The quantitative estimate of drug-likeness (QED) is 0.0427. The molecule has 0 aliphatic heterocycles. The lowest BCUT2D eigenvalue weighted by atomic mass is 10.0. The number of aliphatic hydroxyl groups is 2. The first-order chi connectivity index (χ1) is 33.9. The van der Waals surface area contributed by atoms with Crippen LogP contribution in [0.1, 0.15) is 44.7 Å². The number of para-hydroxylation sites is 1. The Morgan fingerprint density at radius 3 is 1.72 bits per heavy atom. The van der Waals surface area contributed by atoms with Gasteiger partial charge in [-0.05, 0) is 67.2 Å². The van der Waals surface area contributed by atoms with Crippen LogP contribution >= 0.6 is 11.8 Å². The largest absolute Gasteiger partial charge is 0.508 e. The lowest BCUT2D eigenvalue weighted by Gasteiger charge is -2.30. The molecule has 0 heterocycles. The second-order valence-corrected chi connectivity index (χ2v) is 17.6. The van der Waals surface area contributed by atoms with Crippen molar-refractivity contribution in [2.75, 3.05) is 70.0 Å². The van der Waals surface area contributed by atoms with Crippen molar-refractivity contribution < 1.29 is 58.4 Å². The van der Waals surface area contributed by atoms with Gasteiger partial charge < -0.3 is 61.3 Å². The highest BCUT2D eigenvalue weighted by Gasteiger charge is 2.33. The van der Waals surface area contributed by atoms with E-state index in [-0.39, 0.29) is 62.5 Å². The molecule has 0 saturated carbocycles. The van der Waals surface area contributed by atoms with Gasteiger partial charge in [0.15, 0.2) is 0 Å². The predicted octanol–water partition coefficient (Wildman–Crippen LogP) is 0.639. The number of aromatic hydroxyl groups is 1. The van der Waals surface area contributed by atoms with Gasteiger partial charge in [0.2, 0.25) is 47.3 Å². The molecule has 0 aliphatic carbocycles. The number of rotatable bonds is 30. The standard InChI is InChI=1S/C50H68N8O12S/c1-7-39(33(2)3)52-47(66)40(22-25-71-6)53-50(69)43(32-60)55-48(67)41(26-35-18-20-38(62)21-19-35)54-49(68)42(31-59)51-44(63)28-58(37-16-12-9-13-17-37)46(65)30-57(27-36-14-10-8-11-15-36)45(64)29-56(34(4)61)23-24-70-5/h8-21,39-43,59-60,62H,2,7,22-32H2,1,3-6H3,(H,51,63)(H,52,66)(H,53,69)(H,54,68)(H,55,67). The summed E-state index contributed by atoms with van der Waals surface area (Å²) in [4.78, 5) is 113. The fourth-order valence-corrected chi connectivity index (χ4v) is 7.52. The number of nitrogens with one attached hydrogen (secondary N) is 5. The first-order valence-corrected chi connectivity index (χ1v) is 24.4. The number of carbonyl (C=O) groups is 8. The molecule has 0 bridgehead atoms. The number of hydrogen-bond acceptors (Lipinski definition) is 13. The number of benzene rings is 3. The molecule has 20 nitrogen and oxygen atoms in total. The molecular formula is C50H68N8O12S. The van der Waals surface area contributed by atoms with Crippen LogP contribution in [-0.4, -0.2) is 168 Å². The highest BCUT2D eigenvalue weighted by molar-refractivity contribution is 7.98. The van der Waals surface area contributed by atoms with E-state index in [1.807, 2.05) is 13.2 Å². The molecule has 0 spiro atoms. The molecule has 21 heteroatoms. The summed E-state index contributed by atoms with van der Waals surface area (Å²) in [5.74, 6) is -5.50. The molecular weight excluding hydrogens is 937 g/mol. The minimum Gasteiger partial charge on any atom is -0.508 e. The van der Waals surface area contributed by atoms with Crippen LogP contribution in [0, 0.1) is 0 Å². The zero-order chi connectivity index (χ0) is 52.5. The molecule has 0 fully saturated rings. The molecule has 71 heavy (non-hydrogen) atoms. The summed E-state index contributed by atoms with van der Waals surface area (Å²) in [5.41, 5.74) is 2.10. The summed E-state index contributed by atoms with van der Waals surface area (Å²) >= 11 is 1.45. The average Bonchev–Trinajstić information content (AvgIpc) is 3.35. The number of thioether (sulfide) groups is 1. The van der Waals surface area contributed by atoms with E-state index in [4.69, 9.17) is 4.74 Å². The third kappa shape index (κ3) is 19.8. The fourth-order valence-electron chi connectivity index (χ4n) is 7.04. The number of ether oxygens (including phenoxy) is 1. The third-order valence-corrected chi connectivity index (χ3v) is 11.8. The van der Waals surface area contributed by atoms with E-state index in [1.165, 1.54) is 59.9 Å². The van der Waals surface area contributed by atoms with Gasteiger partial charge in [0, 0.05) is 45.3 Å². The molecule has 3 rings (SSSR count). The van der Waals surface area contributed by atoms with Gasteiger partial charge in [-0.2, -0.15) is 11.8 Å². The van der Waals surface area contributed by atoms with E-state index >= 15 is 0 Å². The van der Waals surface area contributed by atoms with Crippen LogP contribution in [0.2, 0.25) is 0 Å². The highest BCUT2D eigenvalue weighted by Crippen LogP contribution is 2.16. The normalized spacial score (nSPS) is 12.9. The maximum atomic E-state index is 14.3. The first-order valence-electron chi connectivity index (χ1n) is 23.0. The van der Waals surface area contributed by atoms with Crippen LogP contribution in [0.4, 0.5) is 5.69 Å². The number of phenolic OH excluding ortho intramolecular Hbond substituents is 1. The fraction of sp³-hybridized carbons (Fsp3) is 0.440. The minimum atomic E-state index is -1.69. The molecule has 386 valence electrons. The number of anilines is 1. The summed E-state index contributed by atoms with van der Waals surface area (Å²) < 4.78 is 5.10. The summed E-state index contributed by atoms with van der Waals surface area (Å²) in [7, 11) is 1.46. The molecule has 5 atom stereocenters. The van der Waals surface area contributed by atoms with E-state index in [9.17, 15) is 53.7 Å². The van der Waals surface area contributed by atoms with Crippen molar-refractivity contribution in [2.24, 2.45) is 0 Å². The Balaban J connectivity index is 1.85. The van der Waals surface area contributed by atoms with Gasteiger partial charge in [-0.15, -0.1) is 0 Å². The molecule has 8 amide bonds. The van der Waals surface area contributed by atoms with Crippen LogP contribution in [0.15, 0.2) is 97.1 Å². The Kier molecular flexibility index (Phi) is 25.3. The number of carbonyl (C=O) groups excluding carboxylic acids is 8. The zero-order valence-corrected chi connectivity index (χ0v) is 41.7. The van der Waals surface area contributed by atoms with E-state index in [2.05, 4.69) is 33.2 Å². The lowest BCUT2D eigenvalue weighted by Crippen LogP contribution is -2.60. The molecule has 5 unspecified atom stereocenters. The summed E-state index contributed by atoms with van der Waals surface area (Å²) in [6.45, 7) is 5.68. The van der Waals surface area contributed by atoms with Crippen LogP contribution in [0.3, 0.4) is 0 Å². The monoisotopic (exact) mass is 1000 g/mol. The van der Waals surface area contributed by atoms with E-state index in [0.717, 1.165) is 4.90 Å². The average molecular weight is 1010 g/mol. The highest BCUT2D eigenvalue weighted by atomic mass is 32.2. The Labute approximate surface area is 418 Å². The summed E-state index contributed by atoms with van der Waals surface area (Å²) in [6, 6.07) is 16.4. The topological polar surface area (TPSA) is 276 Å². The van der Waals surface area contributed by atoms with E-state index in [1.54, 1.807) is 67.6 Å². The van der Waals surface area contributed by atoms with Crippen molar-refractivity contribution in [1.82, 2.24) is 36.4 Å². The molecule has 8 N–H and O–H groups in total. The summed E-state index contributed by atoms with van der Waals surface area (Å²) in [5, 5.41) is 43.4. The van der Waals surface area contributed by atoms with Crippen LogP contribution in [0.5, 0.6) is 5.75 Å². The van der Waals surface area contributed by atoms with E-state index in [0.29, 0.717) is 28.9 Å². The van der Waals surface area contributed by atoms with Crippen LogP contribution in [-0.2, 0) is 56.1 Å². The van der Waals surface area contributed by atoms with Crippen molar-refractivity contribution in [2.45, 2.75) is 76.8 Å². The second kappa shape index (κ2) is 30.7. The molecule has 0 saturated heterocycles. The molecule has 0 aliphatic rings. The molecule has 3 aromatic rings. The molecule has 0 aromatic heterocycles. The van der Waals surface area contributed by atoms with Gasteiger partial charge in [-0.1, -0.05) is 79.7 Å². The number of hydrogen-bond donors (Lipinski definition) is 8. The van der Waals surface area contributed by atoms with Crippen molar-refractivity contribution in [3.05, 3.63) is 108 Å². The SMILES string of the molecule is C=C(C)C(CC)NC(=O)C(CCSC)NC(=O)C(CO)NC(=O)C(Cc1ccc(O)cc1)NC(=O)C(CO)NC(=O)CN(C(=O)CN(Cc1ccccc1)C(=O)CN(CCOC)C(C)=O)c1ccccc1. The van der Waals surface area contributed by atoms with E-state index < -0.39 is 91.8 Å². The Bertz CT molecular complexity index is 2240. The van der Waals surface area contributed by atoms with Crippen molar-refractivity contribution in [3.8, 4) is 5.75 Å². The maximum Gasteiger partial charge on any atom is 0.247 e. The first kappa shape index (κ1) is 58.5. The van der Waals surface area contributed by atoms with Crippen LogP contribution in [0.25, 0.3) is 0 Å². The number of nitrogens with zero attached hydrogens (tertiary/aromatic N) is 3. The molecule has 3 aromatic carbocycles. The Hall–Kier alpha value is -6.81. The maximum absolute atomic E-state index is 14.3. The van der Waals surface area contributed by atoms with Crippen molar-refractivity contribution in [3.63, 3.8) is 0 Å². The molecule has 0 radical (unpaired) electrons. The predicted molar refractivity (Wildman–Crippen MR) is 269 cm³/mol. The van der Waals surface area contributed by atoms with Crippen molar-refractivity contribution >= 4 is 64.7 Å². The van der Waals surface area contributed by atoms with Gasteiger partial charge >= 0.3 is 0 Å².